The summed E-state index contributed by atoms with van der Waals surface area (Å²) in [4.78, 5) is 14.6. The molecule has 4 heteroatoms. The molecule has 16 heavy (non-hydrogen) atoms. The van der Waals surface area contributed by atoms with Crippen molar-refractivity contribution in [3.63, 3.8) is 0 Å². The number of H-pyrrole nitrogens is 1. The number of hydrogen-bond donors (Lipinski definition) is 3. The van der Waals surface area contributed by atoms with E-state index in [1.54, 1.807) is 12.3 Å². The maximum absolute atomic E-state index is 11.7. The van der Waals surface area contributed by atoms with Crippen LogP contribution in [0.1, 0.15) is 36.7 Å². The maximum atomic E-state index is 11.7. The van der Waals surface area contributed by atoms with Crippen molar-refractivity contribution in [2.24, 2.45) is 11.8 Å². The first kappa shape index (κ1) is 11.0. The number of amides is 1. The zero-order valence-electron chi connectivity index (χ0n) is 9.62. The van der Waals surface area contributed by atoms with Crippen LogP contribution in [0.5, 0.6) is 0 Å². The largest absolute Gasteiger partial charge is 0.397 e. The molecular formula is C12H19N3O. The second kappa shape index (κ2) is 4.60. The van der Waals surface area contributed by atoms with Gasteiger partial charge in [0.05, 0.1) is 0 Å². The van der Waals surface area contributed by atoms with Crippen molar-refractivity contribution in [1.82, 2.24) is 10.3 Å². The standard InChI is InChI=1S/C12H19N3O/c1-8-3-2-4-9(8)6-15-12(16)11-5-10(13)7-14-11/h5,7-9,14H,2-4,6,13H2,1H3,(H,15,16). The molecule has 1 heterocycles. The molecule has 1 aromatic rings. The predicted molar refractivity (Wildman–Crippen MR) is 64.0 cm³/mol. The van der Waals surface area contributed by atoms with Gasteiger partial charge < -0.3 is 16.0 Å². The van der Waals surface area contributed by atoms with Crippen LogP contribution in [0.2, 0.25) is 0 Å². The highest BCUT2D eigenvalue weighted by molar-refractivity contribution is 5.93. The number of nitrogens with two attached hydrogens (primary N) is 1. The molecule has 0 spiro atoms. The Morgan fingerprint density at radius 3 is 3.00 bits per heavy atom. The first-order valence-electron chi connectivity index (χ1n) is 5.89. The molecule has 2 rings (SSSR count). The molecule has 0 bridgehead atoms. The fourth-order valence-corrected chi connectivity index (χ4v) is 2.39. The van der Waals surface area contributed by atoms with Gasteiger partial charge >= 0.3 is 0 Å². The van der Waals surface area contributed by atoms with E-state index in [0.717, 1.165) is 12.5 Å². The normalized spacial score (nSPS) is 24.6. The van der Waals surface area contributed by atoms with E-state index in [-0.39, 0.29) is 5.91 Å². The van der Waals surface area contributed by atoms with Crippen LogP contribution < -0.4 is 11.1 Å². The van der Waals surface area contributed by atoms with Gasteiger partial charge in [-0.15, -0.1) is 0 Å². The molecule has 1 amide bonds. The summed E-state index contributed by atoms with van der Waals surface area (Å²) in [5.41, 5.74) is 6.69. The van der Waals surface area contributed by atoms with E-state index in [1.165, 1.54) is 19.3 Å². The lowest BCUT2D eigenvalue weighted by molar-refractivity contribution is 0.0940. The summed E-state index contributed by atoms with van der Waals surface area (Å²) in [6.07, 6.45) is 5.44. The highest BCUT2D eigenvalue weighted by Gasteiger charge is 2.23. The number of carbonyl (C=O) groups is 1. The number of nitrogens with one attached hydrogen (secondary N) is 2. The van der Waals surface area contributed by atoms with Crippen molar-refractivity contribution in [3.8, 4) is 0 Å². The zero-order valence-corrected chi connectivity index (χ0v) is 9.62. The van der Waals surface area contributed by atoms with Crippen molar-refractivity contribution in [3.05, 3.63) is 18.0 Å². The second-order valence-electron chi connectivity index (χ2n) is 4.72. The quantitative estimate of drug-likeness (QED) is 0.728. The zero-order chi connectivity index (χ0) is 11.5. The Hall–Kier alpha value is -1.45. The summed E-state index contributed by atoms with van der Waals surface area (Å²) in [7, 11) is 0. The summed E-state index contributed by atoms with van der Waals surface area (Å²) in [5, 5.41) is 2.96. The Labute approximate surface area is 95.6 Å². The van der Waals surface area contributed by atoms with E-state index in [9.17, 15) is 4.79 Å². The van der Waals surface area contributed by atoms with E-state index in [2.05, 4.69) is 17.2 Å². The van der Waals surface area contributed by atoms with Gasteiger partial charge in [-0.05, 0) is 24.3 Å². The van der Waals surface area contributed by atoms with Gasteiger partial charge in [-0.3, -0.25) is 4.79 Å². The molecule has 0 aromatic carbocycles. The third-order valence-corrected chi connectivity index (χ3v) is 3.51. The number of hydrogen-bond acceptors (Lipinski definition) is 2. The third-order valence-electron chi connectivity index (χ3n) is 3.51. The van der Waals surface area contributed by atoms with Crippen LogP contribution in [-0.2, 0) is 0 Å². The van der Waals surface area contributed by atoms with Crippen molar-refractivity contribution in [2.45, 2.75) is 26.2 Å². The highest BCUT2D eigenvalue weighted by Crippen LogP contribution is 2.30. The molecule has 4 N–H and O–H groups in total. The minimum absolute atomic E-state index is 0.0594. The van der Waals surface area contributed by atoms with E-state index in [4.69, 9.17) is 5.73 Å². The first-order chi connectivity index (χ1) is 7.66. The molecule has 1 aliphatic rings. The molecule has 2 atom stereocenters. The highest BCUT2D eigenvalue weighted by atomic mass is 16.1. The summed E-state index contributed by atoms with van der Waals surface area (Å²) in [6, 6.07) is 1.66. The van der Waals surface area contributed by atoms with Gasteiger partial charge in [-0.25, -0.2) is 0 Å². The summed E-state index contributed by atoms with van der Waals surface area (Å²) >= 11 is 0. The number of aromatic amines is 1. The van der Waals surface area contributed by atoms with E-state index >= 15 is 0 Å². The number of carbonyl (C=O) groups excluding carboxylic acids is 1. The average molecular weight is 221 g/mol. The fraction of sp³-hybridized carbons (Fsp3) is 0.583. The van der Waals surface area contributed by atoms with E-state index < -0.39 is 0 Å². The van der Waals surface area contributed by atoms with Gasteiger partial charge in [-0.1, -0.05) is 19.8 Å². The summed E-state index contributed by atoms with van der Waals surface area (Å²) in [6.45, 7) is 3.04. The lowest BCUT2D eigenvalue weighted by atomic mass is 9.98. The minimum atomic E-state index is -0.0594. The molecule has 0 aliphatic heterocycles. The van der Waals surface area contributed by atoms with E-state index in [1.807, 2.05) is 0 Å². The van der Waals surface area contributed by atoms with Gasteiger partial charge in [0.2, 0.25) is 0 Å². The molecule has 0 radical (unpaired) electrons. The molecule has 4 nitrogen and oxygen atoms in total. The Morgan fingerprint density at radius 2 is 2.44 bits per heavy atom. The molecular weight excluding hydrogens is 202 g/mol. The van der Waals surface area contributed by atoms with Gasteiger partial charge in [-0.2, -0.15) is 0 Å². The summed E-state index contributed by atoms with van der Waals surface area (Å²) in [5.74, 6) is 1.31. The smallest absolute Gasteiger partial charge is 0.267 e. The van der Waals surface area contributed by atoms with Crippen molar-refractivity contribution in [1.29, 1.82) is 0 Å². The molecule has 1 aromatic heterocycles. The van der Waals surface area contributed by atoms with Crippen LogP contribution in [0.3, 0.4) is 0 Å². The van der Waals surface area contributed by atoms with Crippen LogP contribution in [0.15, 0.2) is 12.3 Å². The van der Waals surface area contributed by atoms with Gasteiger partial charge in [0.15, 0.2) is 0 Å². The Bertz CT molecular complexity index is 372. The van der Waals surface area contributed by atoms with Crippen LogP contribution in [-0.4, -0.2) is 17.4 Å². The third kappa shape index (κ3) is 2.38. The molecule has 1 aliphatic carbocycles. The maximum Gasteiger partial charge on any atom is 0.267 e. The molecule has 0 saturated heterocycles. The first-order valence-corrected chi connectivity index (χ1v) is 5.89. The van der Waals surface area contributed by atoms with Crippen LogP contribution >= 0.6 is 0 Å². The number of aromatic nitrogens is 1. The number of rotatable bonds is 3. The van der Waals surface area contributed by atoms with Crippen LogP contribution in [0.25, 0.3) is 0 Å². The summed E-state index contributed by atoms with van der Waals surface area (Å²) < 4.78 is 0. The van der Waals surface area contributed by atoms with Crippen LogP contribution in [0, 0.1) is 11.8 Å². The van der Waals surface area contributed by atoms with E-state index in [0.29, 0.717) is 17.3 Å². The Balaban J connectivity index is 1.84. The Morgan fingerprint density at radius 1 is 1.62 bits per heavy atom. The SMILES string of the molecule is CC1CCCC1CNC(=O)c1cc(N)c[nH]1. The lowest BCUT2D eigenvalue weighted by Gasteiger charge is -2.15. The predicted octanol–water partition coefficient (Wildman–Crippen LogP) is 1.76. The fourth-order valence-electron chi connectivity index (χ4n) is 2.39. The monoisotopic (exact) mass is 221 g/mol. The molecule has 1 saturated carbocycles. The van der Waals surface area contributed by atoms with Gasteiger partial charge in [0, 0.05) is 18.4 Å². The minimum Gasteiger partial charge on any atom is -0.397 e. The second-order valence-corrected chi connectivity index (χ2v) is 4.72. The number of nitrogen functional groups attached to an aromatic ring is 1. The van der Waals surface area contributed by atoms with Crippen molar-refractivity contribution in [2.75, 3.05) is 12.3 Å². The Kier molecular flexibility index (Phi) is 3.17. The molecule has 2 unspecified atom stereocenters. The van der Waals surface area contributed by atoms with Crippen LogP contribution in [0.4, 0.5) is 5.69 Å². The topological polar surface area (TPSA) is 70.9 Å². The molecule has 1 fully saturated rings. The van der Waals surface area contributed by atoms with Gasteiger partial charge in [0.1, 0.15) is 5.69 Å². The average Bonchev–Trinajstić information content (AvgIpc) is 2.84. The van der Waals surface area contributed by atoms with Crippen molar-refractivity contribution >= 4 is 11.6 Å². The van der Waals surface area contributed by atoms with Crippen molar-refractivity contribution < 1.29 is 4.79 Å². The van der Waals surface area contributed by atoms with Gasteiger partial charge in [0.25, 0.3) is 5.91 Å². The molecule has 88 valence electrons. The number of anilines is 1. The lowest BCUT2D eigenvalue weighted by Crippen LogP contribution is -2.30.